The highest BCUT2D eigenvalue weighted by Gasteiger charge is 2.29. The van der Waals surface area contributed by atoms with Crippen molar-refractivity contribution in [2.45, 2.75) is 19.4 Å². The van der Waals surface area contributed by atoms with Gasteiger partial charge in [-0.05, 0) is 49.2 Å². The average molecular weight is 415 g/mol. The molecule has 2 heterocycles. The van der Waals surface area contributed by atoms with E-state index in [0.29, 0.717) is 36.5 Å². The van der Waals surface area contributed by atoms with Gasteiger partial charge in [-0.25, -0.2) is 4.98 Å². The summed E-state index contributed by atoms with van der Waals surface area (Å²) >= 11 is 7.41. The second-order valence-electron chi connectivity index (χ2n) is 6.76. The molecule has 1 aliphatic rings. The summed E-state index contributed by atoms with van der Waals surface area (Å²) in [6.07, 6.45) is 1.22. The Labute approximate surface area is 171 Å². The Hall–Kier alpha value is -2.44. The Morgan fingerprint density at radius 1 is 1.11 bits per heavy atom. The minimum atomic E-state index is -0.210. The molecule has 0 N–H and O–H groups in total. The van der Waals surface area contributed by atoms with Gasteiger partial charge in [-0.3, -0.25) is 9.59 Å². The van der Waals surface area contributed by atoms with Crippen molar-refractivity contribution in [1.82, 2.24) is 9.88 Å². The summed E-state index contributed by atoms with van der Waals surface area (Å²) in [5.74, 6) is -0.417. The number of likely N-dealkylation sites (tertiary alicyclic amines) is 1. The molecule has 0 bridgehead atoms. The molecule has 0 radical (unpaired) electrons. The first-order valence-electron chi connectivity index (χ1n) is 9.16. The van der Waals surface area contributed by atoms with Crippen LogP contribution in [0.25, 0.3) is 10.2 Å². The van der Waals surface area contributed by atoms with Crippen LogP contribution < -0.4 is 0 Å². The highest BCUT2D eigenvalue weighted by atomic mass is 35.5. The van der Waals surface area contributed by atoms with E-state index < -0.39 is 0 Å². The Bertz CT molecular complexity index is 961. The Morgan fingerprint density at radius 3 is 2.54 bits per heavy atom. The van der Waals surface area contributed by atoms with E-state index in [4.69, 9.17) is 16.3 Å². The summed E-state index contributed by atoms with van der Waals surface area (Å²) in [6, 6.07) is 14.7. The van der Waals surface area contributed by atoms with Crippen molar-refractivity contribution < 1.29 is 14.3 Å². The van der Waals surface area contributed by atoms with Crippen LogP contribution in [-0.4, -0.2) is 34.8 Å². The lowest BCUT2D eigenvalue weighted by molar-refractivity contribution is -0.151. The molecule has 0 atom stereocenters. The Kier molecular flexibility index (Phi) is 5.59. The average Bonchev–Trinajstić information content (AvgIpc) is 3.15. The number of carbonyl (C=O) groups is 2. The first-order valence-corrected chi connectivity index (χ1v) is 10.4. The fourth-order valence-electron chi connectivity index (χ4n) is 3.33. The third-order valence-electron chi connectivity index (χ3n) is 4.88. The summed E-state index contributed by atoms with van der Waals surface area (Å²) in [4.78, 5) is 31.2. The summed E-state index contributed by atoms with van der Waals surface area (Å²) < 4.78 is 6.57. The zero-order valence-electron chi connectivity index (χ0n) is 15.1. The maximum absolute atomic E-state index is 12.5. The van der Waals surface area contributed by atoms with Gasteiger partial charge in [0.2, 0.25) is 0 Å². The van der Waals surface area contributed by atoms with E-state index >= 15 is 0 Å². The number of ether oxygens (including phenoxy) is 1. The maximum Gasteiger partial charge on any atom is 0.309 e. The first-order chi connectivity index (χ1) is 13.6. The second-order valence-corrected chi connectivity index (χ2v) is 8.31. The van der Waals surface area contributed by atoms with Gasteiger partial charge in [0.05, 0.1) is 16.1 Å². The van der Waals surface area contributed by atoms with Gasteiger partial charge in [0, 0.05) is 23.7 Å². The zero-order valence-corrected chi connectivity index (χ0v) is 16.7. The summed E-state index contributed by atoms with van der Waals surface area (Å²) in [5, 5.41) is 1.40. The van der Waals surface area contributed by atoms with E-state index in [-0.39, 0.29) is 24.4 Å². The van der Waals surface area contributed by atoms with Crippen LogP contribution in [0.2, 0.25) is 5.02 Å². The first kappa shape index (κ1) is 18.9. The molecule has 1 aliphatic heterocycles. The molecule has 1 aromatic heterocycles. The lowest BCUT2D eigenvalue weighted by atomic mass is 9.96. The number of hydrogen-bond acceptors (Lipinski definition) is 5. The molecule has 0 aliphatic carbocycles. The molecule has 2 aromatic carbocycles. The van der Waals surface area contributed by atoms with Gasteiger partial charge in [-0.15, -0.1) is 11.3 Å². The van der Waals surface area contributed by atoms with Crippen LogP contribution in [0.1, 0.15) is 28.2 Å². The van der Waals surface area contributed by atoms with Gasteiger partial charge >= 0.3 is 5.97 Å². The van der Waals surface area contributed by atoms with Gasteiger partial charge in [-0.1, -0.05) is 23.7 Å². The quantitative estimate of drug-likeness (QED) is 0.588. The van der Waals surface area contributed by atoms with Gasteiger partial charge in [-0.2, -0.15) is 0 Å². The Morgan fingerprint density at radius 2 is 1.82 bits per heavy atom. The minimum absolute atomic E-state index is 0.0297. The van der Waals surface area contributed by atoms with Crippen LogP contribution in [0.4, 0.5) is 0 Å². The predicted octanol–water partition coefficient (Wildman–Crippen LogP) is 4.55. The van der Waals surface area contributed by atoms with Crippen LogP contribution in [0.5, 0.6) is 0 Å². The lowest BCUT2D eigenvalue weighted by Gasteiger charge is -2.31. The zero-order chi connectivity index (χ0) is 19.5. The number of nitrogens with zero attached hydrogens (tertiary/aromatic N) is 2. The molecule has 1 amide bonds. The summed E-state index contributed by atoms with van der Waals surface area (Å²) in [6.45, 7) is 1.28. The van der Waals surface area contributed by atoms with E-state index in [9.17, 15) is 9.59 Å². The van der Waals surface area contributed by atoms with Gasteiger partial charge in [0.15, 0.2) is 0 Å². The molecule has 0 unspecified atom stereocenters. The van der Waals surface area contributed by atoms with E-state index in [1.807, 2.05) is 24.3 Å². The predicted molar refractivity (Wildman–Crippen MR) is 109 cm³/mol. The van der Waals surface area contributed by atoms with Crippen molar-refractivity contribution in [1.29, 1.82) is 0 Å². The number of thiazole rings is 1. The number of amides is 1. The van der Waals surface area contributed by atoms with Crippen molar-refractivity contribution in [2.75, 3.05) is 13.1 Å². The number of esters is 1. The van der Waals surface area contributed by atoms with Gasteiger partial charge in [0.1, 0.15) is 11.6 Å². The number of hydrogen-bond donors (Lipinski definition) is 0. The lowest BCUT2D eigenvalue weighted by Crippen LogP contribution is -2.40. The second kappa shape index (κ2) is 8.29. The van der Waals surface area contributed by atoms with E-state index in [1.165, 1.54) is 11.3 Å². The largest absolute Gasteiger partial charge is 0.458 e. The van der Waals surface area contributed by atoms with Crippen molar-refractivity contribution in [3.05, 3.63) is 64.1 Å². The van der Waals surface area contributed by atoms with Crippen LogP contribution in [0.15, 0.2) is 48.5 Å². The molecule has 1 saturated heterocycles. The number of aromatic nitrogens is 1. The minimum Gasteiger partial charge on any atom is -0.458 e. The molecule has 1 fully saturated rings. The number of rotatable bonds is 4. The number of halogens is 1. The normalized spacial score (nSPS) is 15.0. The molecule has 5 nitrogen and oxygen atoms in total. The van der Waals surface area contributed by atoms with Crippen LogP contribution in [0, 0.1) is 5.92 Å². The number of benzene rings is 2. The SMILES string of the molecule is O=C(OCc1nc2ccccc2s1)C1CCN(C(=O)c2ccc(Cl)cc2)CC1. The molecule has 4 rings (SSSR count). The number of piperidine rings is 1. The van der Waals surface area contributed by atoms with E-state index in [2.05, 4.69) is 4.98 Å². The van der Waals surface area contributed by atoms with Crippen molar-refractivity contribution in [3.63, 3.8) is 0 Å². The third kappa shape index (κ3) is 4.18. The topological polar surface area (TPSA) is 59.5 Å². The molecular weight excluding hydrogens is 396 g/mol. The monoisotopic (exact) mass is 414 g/mol. The van der Waals surface area contributed by atoms with Crippen LogP contribution in [-0.2, 0) is 16.1 Å². The van der Waals surface area contributed by atoms with E-state index in [1.54, 1.807) is 29.2 Å². The molecular formula is C21H19ClN2O3S. The smallest absolute Gasteiger partial charge is 0.309 e. The van der Waals surface area contributed by atoms with Crippen molar-refractivity contribution in [3.8, 4) is 0 Å². The molecule has 3 aromatic rings. The number of para-hydroxylation sites is 1. The number of fused-ring (bicyclic) bond motifs is 1. The van der Waals surface area contributed by atoms with Gasteiger partial charge < -0.3 is 9.64 Å². The molecule has 7 heteroatoms. The van der Waals surface area contributed by atoms with Crippen LogP contribution >= 0.6 is 22.9 Å². The fourth-order valence-corrected chi connectivity index (χ4v) is 4.33. The summed E-state index contributed by atoms with van der Waals surface area (Å²) in [7, 11) is 0. The maximum atomic E-state index is 12.5. The van der Waals surface area contributed by atoms with Crippen molar-refractivity contribution in [2.24, 2.45) is 5.92 Å². The fraction of sp³-hybridized carbons (Fsp3) is 0.286. The van der Waals surface area contributed by atoms with Crippen molar-refractivity contribution >= 4 is 45.0 Å². The molecule has 0 saturated carbocycles. The number of carbonyl (C=O) groups excluding carboxylic acids is 2. The van der Waals surface area contributed by atoms with Crippen LogP contribution in [0.3, 0.4) is 0 Å². The highest BCUT2D eigenvalue weighted by Crippen LogP contribution is 2.24. The summed E-state index contributed by atoms with van der Waals surface area (Å²) in [5.41, 5.74) is 1.54. The molecule has 144 valence electrons. The standard InChI is InChI=1S/C21H19ClN2O3S/c22-16-7-5-14(6-8-16)20(25)24-11-9-15(10-12-24)21(26)27-13-19-23-17-3-1-2-4-18(17)28-19/h1-8,15H,9-13H2. The van der Waals surface area contributed by atoms with Gasteiger partial charge in [0.25, 0.3) is 5.91 Å². The highest BCUT2D eigenvalue weighted by molar-refractivity contribution is 7.18. The Balaban J connectivity index is 1.28. The molecule has 0 spiro atoms. The third-order valence-corrected chi connectivity index (χ3v) is 6.14. The van der Waals surface area contributed by atoms with E-state index in [0.717, 1.165) is 15.2 Å². The molecule has 28 heavy (non-hydrogen) atoms.